The van der Waals surface area contributed by atoms with E-state index < -0.39 is 0 Å². The third-order valence-corrected chi connectivity index (χ3v) is 6.09. The van der Waals surface area contributed by atoms with Gasteiger partial charge in [0, 0.05) is 11.1 Å². The molecule has 0 fully saturated rings. The topological polar surface area (TPSA) is 52.0 Å². The zero-order valence-electron chi connectivity index (χ0n) is 17.4. The van der Waals surface area contributed by atoms with Gasteiger partial charge in [-0.05, 0) is 37.1 Å². The van der Waals surface area contributed by atoms with Crippen molar-refractivity contribution in [3.63, 3.8) is 0 Å². The third-order valence-electron chi connectivity index (χ3n) is 6.09. The van der Waals surface area contributed by atoms with Crippen molar-refractivity contribution in [1.82, 2.24) is 14.8 Å². The highest BCUT2D eigenvalue weighted by Crippen LogP contribution is 2.50. The maximum atomic E-state index is 6.64. The van der Waals surface area contributed by atoms with E-state index in [1.165, 1.54) is 11.1 Å². The smallest absolute Gasteiger partial charge is 0.226 e. The highest BCUT2D eigenvalue weighted by atomic mass is 16.5. The van der Waals surface area contributed by atoms with Crippen LogP contribution in [-0.4, -0.2) is 14.8 Å². The van der Waals surface area contributed by atoms with Crippen LogP contribution in [-0.2, 0) is 0 Å². The lowest BCUT2D eigenvalue weighted by molar-refractivity contribution is 0.223. The van der Waals surface area contributed by atoms with Gasteiger partial charge in [0.05, 0.1) is 5.70 Å². The second-order valence-corrected chi connectivity index (χ2v) is 8.20. The molecule has 3 aromatic carbocycles. The van der Waals surface area contributed by atoms with Gasteiger partial charge < -0.3 is 10.1 Å². The minimum absolute atomic E-state index is 0.117. The summed E-state index contributed by atoms with van der Waals surface area (Å²) in [6, 6.07) is 25.3. The Morgan fingerprint density at radius 2 is 1.52 bits per heavy atom. The number of para-hydroxylation sites is 1. The Labute approximate surface area is 181 Å². The molecule has 1 N–H and O–H groups in total. The summed E-state index contributed by atoms with van der Waals surface area (Å²) < 4.78 is 8.60. The molecule has 1 aromatic heterocycles. The number of hydrogen-bond acceptors (Lipinski definition) is 4. The Morgan fingerprint density at radius 3 is 2.26 bits per heavy atom. The first kappa shape index (κ1) is 18.0. The van der Waals surface area contributed by atoms with Crippen LogP contribution in [0.5, 0.6) is 5.75 Å². The van der Waals surface area contributed by atoms with Crippen molar-refractivity contribution < 1.29 is 4.74 Å². The minimum Gasteiger partial charge on any atom is -0.480 e. The maximum Gasteiger partial charge on any atom is 0.226 e. The van der Waals surface area contributed by atoms with E-state index in [9.17, 15) is 0 Å². The monoisotopic (exact) mass is 406 g/mol. The SMILES string of the molecule is Cc1ccc([C@@H]2Oc3ccccc3C3=C2[C@@H](c2ccc(C)cc2)n2ncnc2N3)cc1. The number of anilines is 1. The summed E-state index contributed by atoms with van der Waals surface area (Å²) in [5, 5.41) is 8.13. The molecule has 0 aliphatic carbocycles. The zero-order valence-corrected chi connectivity index (χ0v) is 17.4. The first-order valence-corrected chi connectivity index (χ1v) is 10.5. The number of hydrogen-bond donors (Lipinski definition) is 1. The van der Waals surface area contributed by atoms with Gasteiger partial charge in [-0.1, -0.05) is 71.8 Å². The van der Waals surface area contributed by atoms with Crippen LogP contribution in [0.25, 0.3) is 5.70 Å². The molecule has 152 valence electrons. The molecule has 2 atom stereocenters. The first-order chi connectivity index (χ1) is 15.2. The number of rotatable bonds is 2. The van der Waals surface area contributed by atoms with Gasteiger partial charge in [-0.15, -0.1) is 0 Å². The highest BCUT2D eigenvalue weighted by molar-refractivity contribution is 5.85. The number of ether oxygens (including phenoxy) is 1. The van der Waals surface area contributed by atoms with Gasteiger partial charge in [-0.3, -0.25) is 0 Å². The molecule has 2 aliphatic heterocycles. The number of benzene rings is 3. The van der Waals surface area contributed by atoms with Crippen LogP contribution in [0.1, 0.15) is 40.0 Å². The van der Waals surface area contributed by atoms with E-state index in [4.69, 9.17) is 4.74 Å². The molecule has 0 saturated carbocycles. The van der Waals surface area contributed by atoms with Gasteiger partial charge in [-0.2, -0.15) is 10.1 Å². The molecule has 0 saturated heterocycles. The molecular weight excluding hydrogens is 384 g/mol. The predicted octanol–water partition coefficient (Wildman–Crippen LogP) is 5.45. The number of aromatic nitrogens is 3. The molecule has 6 rings (SSSR count). The molecule has 5 nitrogen and oxygen atoms in total. The van der Waals surface area contributed by atoms with Gasteiger partial charge in [0.15, 0.2) is 0 Å². The fraction of sp³-hybridized carbons (Fsp3) is 0.154. The van der Waals surface area contributed by atoms with E-state index in [0.717, 1.165) is 39.7 Å². The van der Waals surface area contributed by atoms with Crippen LogP contribution in [0.2, 0.25) is 0 Å². The summed E-state index contributed by atoms with van der Waals surface area (Å²) in [6.45, 7) is 4.21. The van der Waals surface area contributed by atoms with Crippen LogP contribution in [0.15, 0.2) is 84.7 Å². The number of nitrogens with zero attached hydrogens (tertiary/aromatic N) is 3. The molecule has 0 radical (unpaired) electrons. The predicted molar refractivity (Wildman–Crippen MR) is 121 cm³/mol. The molecule has 3 heterocycles. The van der Waals surface area contributed by atoms with E-state index in [0.29, 0.717) is 0 Å². The Kier molecular flexibility index (Phi) is 3.96. The van der Waals surface area contributed by atoms with Crippen molar-refractivity contribution in [3.05, 3.63) is 113 Å². The van der Waals surface area contributed by atoms with Gasteiger partial charge >= 0.3 is 0 Å². The van der Waals surface area contributed by atoms with Crippen molar-refractivity contribution in [3.8, 4) is 5.75 Å². The molecular formula is C26H22N4O. The average Bonchev–Trinajstić information content (AvgIpc) is 3.27. The number of aryl methyl sites for hydroxylation is 2. The first-order valence-electron chi connectivity index (χ1n) is 10.5. The lowest BCUT2D eigenvalue weighted by Gasteiger charge is -2.39. The van der Waals surface area contributed by atoms with Crippen molar-refractivity contribution in [2.24, 2.45) is 0 Å². The summed E-state index contributed by atoms with van der Waals surface area (Å²) in [6.07, 6.45) is 1.37. The lowest BCUT2D eigenvalue weighted by Crippen LogP contribution is -2.32. The van der Waals surface area contributed by atoms with E-state index in [2.05, 4.69) is 83.8 Å². The standard InChI is InChI=1S/C26H22N4O/c1-16-7-11-18(12-8-16)24-22-23(29-26-27-15-28-30(24)26)20-5-3-4-6-21(20)31-25(22)19-13-9-17(2)10-14-19/h3-15,24-25H,1-2H3,(H,27,28,29)/t24-,25+/m1/s1. The quantitative estimate of drug-likeness (QED) is 0.481. The Hall–Kier alpha value is -3.86. The van der Waals surface area contributed by atoms with E-state index in [1.54, 1.807) is 6.33 Å². The van der Waals surface area contributed by atoms with Crippen LogP contribution < -0.4 is 10.1 Å². The highest BCUT2D eigenvalue weighted by Gasteiger charge is 2.40. The molecule has 4 aromatic rings. The fourth-order valence-corrected chi connectivity index (χ4v) is 4.50. The second-order valence-electron chi connectivity index (χ2n) is 8.20. The van der Waals surface area contributed by atoms with Crippen molar-refractivity contribution in [1.29, 1.82) is 0 Å². The van der Waals surface area contributed by atoms with Gasteiger partial charge in [-0.25, -0.2) is 4.68 Å². The van der Waals surface area contributed by atoms with E-state index in [-0.39, 0.29) is 12.1 Å². The lowest BCUT2D eigenvalue weighted by atomic mass is 9.84. The average molecular weight is 406 g/mol. The van der Waals surface area contributed by atoms with E-state index >= 15 is 0 Å². The third kappa shape index (κ3) is 2.85. The summed E-state index contributed by atoms with van der Waals surface area (Å²) in [4.78, 5) is 4.49. The van der Waals surface area contributed by atoms with E-state index in [1.807, 2.05) is 22.9 Å². The Morgan fingerprint density at radius 1 is 0.839 bits per heavy atom. The Balaban J connectivity index is 1.62. The van der Waals surface area contributed by atoms with Crippen LogP contribution in [0, 0.1) is 13.8 Å². The molecule has 0 unspecified atom stereocenters. The summed E-state index contributed by atoms with van der Waals surface area (Å²) in [5.74, 6) is 1.61. The Bertz CT molecular complexity index is 1300. The zero-order chi connectivity index (χ0) is 20.9. The fourth-order valence-electron chi connectivity index (χ4n) is 4.50. The van der Waals surface area contributed by atoms with Crippen molar-refractivity contribution in [2.75, 3.05) is 5.32 Å². The largest absolute Gasteiger partial charge is 0.480 e. The van der Waals surface area contributed by atoms with Gasteiger partial charge in [0.1, 0.15) is 24.2 Å². The second kappa shape index (κ2) is 6.84. The maximum absolute atomic E-state index is 6.64. The normalized spacial score (nSPS) is 19.0. The van der Waals surface area contributed by atoms with Crippen LogP contribution in [0.3, 0.4) is 0 Å². The number of fused-ring (bicyclic) bond motifs is 3. The summed E-state index contributed by atoms with van der Waals surface area (Å²) in [7, 11) is 0. The van der Waals surface area contributed by atoms with Gasteiger partial charge in [0.25, 0.3) is 0 Å². The van der Waals surface area contributed by atoms with Gasteiger partial charge in [0.2, 0.25) is 5.95 Å². The molecule has 5 heteroatoms. The molecule has 0 spiro atoms. The van der Waals surface area contributed by atoms with Crippen molar-refractivity contribution in [2.45, 2.75) is 26.0 Å². The molecule has 31 heavy (non-hydrogen) atoms. The molecule has 2 aliphatic rings. The minimum atomic E-state index is -0.235. The number of nitrogens with one attached hydrogen (secondary N) is 1. The van der Waals surface area contributed by atoms with Crippen LogP contribution in [0.4, 0.5) is 5.95 Å². The van der Waals surface area contributed by atoms with Crippen molar-refractivity contribution >= 4 is 11.6 Å². The summed E-state index contributed by atoms with van der Waals surface area (Å²) >= 11 is 0. The summed E-state index contributed by atoms with van der Waals surface area (Å²) in [5.41, 5.74) is 7.98. The molecule has 0 bridgehead atoms. The molecule has 0 amide bonds. The van der Waals surface area contributed by atoms with Crippen LogP contribution >= 0.6 is 0 Å².